The molecule has 9 aromatic carbocycles. The van der Waals surface area contributed by atoms with E-state index < -0.39 is 0 Å². The third-order valence-corrected chi connectivity index (χ3v) is 9.28. The van der Waals surface area contributed by atoms with Crippen molar-refractivity contribution < 1.29 is 0 Å². The Hall–Kier alpha value is -7.82. The Balaban J connectivity index is 0.000000137. The van der Waals surface area contributed by atoms with Crippen molar-refractivity contribution in [3.8, 4) is 0 Å². The SMILES string of the molecule is Cc1cccc(Nc2ccccc2)c1.Cc1cccc(Nc2ccccc2)c1.Cc1cccc(Nc2ccccc2)c1.c1ccc(N(c2ccccc2)c2ccccc2)cc1. The van der Waals surface area contributed by atoms with E-state index in [9.17, 15) is 0 Å². The standard InChI is InChI=1S/C18H15N.3C13H13N/c1-4-10-16(11-5-1)19(17-12-6-2-7-13-17)18-14-8-3-9-15-18;3*1-11-6-5-9-13(10-11)14-12-7-3-2-4-8-12/h1-15H;3*2-10,14H,1H3. The van der Waals surface area contributed by atoms with Crippen LogP contribution < -0.4 is 20.9 Å². The molecule has 0 unspecified atom stereocenters. The van der Waals surface area contributed by atoms with Crippen molar-refractivity contribution >= 4 is 51.2 Å². The van der Waals surface area contributed by atoms with Crippen LogP contribution in [-0.2, 0) is 0 Å². The van der Waals surface area contributed by atoms with Gasteiger partial charge in [0, 0.05) is 51.2 Å². The fourth-order valence-electron chi connectivity index (χ4n) is 6.41. The molecule has 9 rings (SSSR count). The maximum Gasteiger partial charge on any atom is 0.0461 e. The molecule has 0 fully saturated rings. The van der Waals surface area contributed by atoms with Gasteiger partial charge >= 0.3 is 0 Å². The van der Waals surface area contributed by atoms with E-state index in [-0.39, 0.29) is 0 Å². The molecule has 0 radical (unpaired) electrons. The van der Waals surface area contributed by atoms with Crippen LogP contribution in [0.5, 0.6) is 0 Å². The van der Waals surface area contributed by atoms with Crippen LogP contribution in [0.4, 0.5) is 51.2 Å². The highest BCUT2D eigenvalue weighted by Crippen LogP contribution is 2.33. The number of aryl methyl sites for hydroxylation is 3. The number of para-hydroxylation sites is 6. The summed E-state index contributed by atoms with van der Waals surface area (Å²) in [6.45, 7) is 6.28. The van der Waals surface area contributed by atoms with E-state index in [1.165, 1.54) is 33.8 Å². The summed E-state index contributed by atoms with van der Waals surface area (Å²) < 4.78 is 0. The van der Waals surface area contributed by atoms with Crippen molar-refractivity contribution in [2.24, 2.45) is 0 Å². The number of nitrogens with one attached hydrogen (secondary N) is 3. The highest BCUT2D eigenvalue weighted by molar-refractivity contribution is 5.76. The molecule has 0 saturated carbocycles. The Morgan fingerprint density at radius 2 is 0.443 bits per heavy atom. The van der Waals surface area contributed by atoms with Crippen molar-refractivity contribution in [3.05, 3.63) is 271 Å². The second kappa shape index (κ2) is 23.6. The molecule has 3 N–H and O–H groups in total. The Morgan fingerprint density at radius 3 is 0.672 bits per heavy atom. The van der Waals surface area contributed by atoms with Crippen LogP contribution in [0.25, 0.3) is 0 Å². The molecular formula is C57H54N4. The third-order valence-electron chi connectivity index (χ3n) is 9.28. The number of hydrogen-bond donors (Lipinski definition) is 3. The van der Waals surface area contributed by atoms with Crippen molar-refractivity contribution in [1.29, 1.82) is 0 Å². The van der Waals surface area contributed by atoms with Crippen LogP contribution in [0.2, 0.25) is 0 Å². The van der Waals surface area contributed by atoms with Gasteiger partial charge in [0.15, 0.2) is 0 Å². The predicted octanol–water partition coefficient (Wildman–Crippen LogP) is 16.4. The molecule has 0 saturated heterocycles. The summed E-state index contributed by atoms with van der Waals surface area (Å²) in [5.41, 5.74) is 14.1. The molecule has 0 aliphatic carbocycles. The van der Waals surface area contributed by atoms with E-state index >= 15 is 0 Å². The van der Waals surface area contributed by atoms with Crippen molar-refractivity contribution in [3.63, 3.8) is 0 Å². The van der Waals surface area contributed by atoms with E-state index in [0.29, 0.717) is 0 Å². The highest BCUT2D eigenvalue weighted by atomic mass is 15.1. The summed E-state index contributed by atoms with van der Waals surface area (Å²) in [5, 5.41) is 10.0. The maximum atomic E-state index is 3.34. The first-order chi connectivity index (χ1) is 30.0. The fraction of sp³-hybridized carbons (Fsp3) is 0.0526. The summed E-state index contributed by atoms with van der Waals surface area (Å²) in [4.78, 5) is 2.25. The smallest absolute Gasteiger partial charge is 0.0461 e. The van der Waals surface area contributed by atoms with E-state index in [0.717, 1.165) is 34.1 Å². The van der Waals surface area contributed by atoms with Crippen LogP contribution >= 0.6 is 0 Å². The summed E-state index contributed by atoms with van der Waals surface area (Å²) in [5.74, 6) is 0. The quantitative estimate of drug-likeness (QED) is 0.136. The lowest BCUT2D eigenvalue weighted by Gasteiger charge is -2.25. The molecule has 9 aromatic rings. The minimum atomic E-state index is 1.12. The zero-order valence-electron chi connectivity index (χ0n) is 35.2. The minimum Gasteiger partial charge on any atom is -0.356 e. The van der Waals surface area contributed by atoms with Gasteiger partial charge in [0.2, 0.25) is 0 Å². The van der Waals surface area contributed by atoms with Gasteiger partial charge in [0.05, 0.1) is 0 Å². The monoisotopic (exact) mass is 794 g/mol. The number of benzene rings is 9. The lowest BCUT2D eigenvalue weighted by atomic mass is 10.2. The van der Waals surface area contributed by atoms with Crippen molar-refractivity contribution in [2.75, 3.05) is 20.9 Å². The van der Waals surface area contributed by atoms with Gasteiger partial charge in [-0.15, -0.1) is 0 Å². The first kappa shape index (κ1) is 42.8. The molecule has 4 heteroatoms. The first-order valence-corrected chi connectivity index (χ1v) is 20.6. The molecule has 0 heterocycles. The second-order valence-electron chi connectivity index (χ2n) is 14.4. The van der Waals surface area contributed by atoms with Crippen LogP contribution in [0, 0.1) is 20.8 Å². The molecule has 0 aromatic heterocycles. The molecule has 302 valence electrons. The largest absolute Gasteiger partial charge is 0.356 e. The summed E-state index contributed by atoms with van der Waals surface area (Å²) >= 11 is 0. The molecule has 0 amide bonds. The van der Waals surface area contributed by atoms with Gasteiger partial charge < -0.3 is 20.9 Å². The Kier molecular flexibility index (Phi) is 16.5. The Morgan fingerprint density at radius 1 is 0.230 bits per heavy atom. The second-order valence-corrected chi connectivity index (χ2v) is 14.4. The average Bonchev–Trinajstić information content (AvgIpc) is 3.29. The van der Waals surface area contributed by atoms with Crippen molar-refractivity contribution in [1.82, 2.24) is 0 Å². The molecule has 4 nitrogen and oxygen atoms in total. The summed E-state index contributed by atoms with van der Waals surface area (Å²) in [6, 6.07) is 86.9. The fourth-order valence-corrected chi connectivity index (χ4v) is 6.41. The molecule has 0 bridgehead atoms. The predicted molar refractivity (Wildman–Crippen MR) is 264 cm³/mol. The van der Waals surface area contributed by atoms with E-state index in [4.69, 9.17) is 0 Å². The Labute approximate surface area is 362 Å². The molecule has 0 aliphatic rings. The lowest BCUT2D eigenvalue weighted by molar-refractivity contribution is 1.28. The molecule has 0 aliphatic heterocycles. The van der Waals surface area contributed by atoms with E-state index in [1.54, 1.807) is 0 Å². The summed E-state index contributed by atoms with van der Waals surface area (Å²) in [6.07, 6.45) is 0. The minimum absolute atomic E-state index is 1.12. The molecule has 61 heavy (non-hydrogen) atoms. The van der Waals surface area contributed by atoms with E-state index in [2.05, 4.69) is 224 Å². The van der Waals surface area contributed by atoms with Crippen LogP contribution in [-0.4, -0.2) is 0 Å². The average molecular weight is 795 g/mol. The van der Waals surface area contributed by atoms with Crippen LogP contribution in [0.1, 0.15) is 16.7 Å². The van der Waals surface area contributed by atoms with Crippen LogP contribution in [0.15, 0.2) is 255 Å². The maximum absolute atomic E-state index is 3.34. The summed E-state index contributed by atoms with van der Waals surface area (Å²) in [7, 11) is 0. The van der Waals surface area contributed by atoms with Crippen molar-refractivity contribution in [2.45, 2.75) is 20.8 Å². The molecule has 0 atom stereocenters. The van der Waals surface area contributed by atoms with Crippen LogP contribution in [0.3, 0.4) is 0 Å². The third kappa shape index (κ3) is 14.8. The van der Waals surface area contributed by atoms with Gasteiger partial charge in [-0.3, -0.25) is 0 Å². The van der Waals surface area contributed by atoms with E-state index in [1.807, 2.05) is 72.8 Å². The van der Waals surface area contributed by atoms with Gasteiger partial charge in [-0.1, -0.05) is 146 Å². The van der Waals surface area contributed by atoms with Gasteiger partial charge in [0.25, 0.3) is 0 Å². The zero-order valence-corrected chi connectivity index (χ0v) is 35.2. The first-order valence-electron chi connectivity index (χ1n) is 20.6. The number of anilines is 9. The number of hydrogen-bond acceptors (Lipinski definition) is 4. The Bertz CT molecular complexity index is 2270. The van der Waals surface area contributed by atoms with Gasteiger partial charge in [0.1, 0.15) is 0 Å². The zero-order chi connectivity index (χ0) is 42.3. The molecular weight excluding hydrogens is 741 g/mol. The highest BCUT2D eigenvalue weighted by Gasteiger charge is 2.10. The van der Waals surface area contributed by atoms with Gasteiger partial charge in [-0.05, 0) is 147 Å². The topological polar surface area (TPSA) is 39.3 Å². The van der Waals surface area contributed by atoms with Gasteiger partial charge in [-0.25, -0.2) is 0 Å². The lowest BCUT2D eigenvalue weighted by Crippen LogP contribution is -2.09. The number of rotatable bonds is 9. The normalized spacial score (nSPS) is 9.89. The van der Waals surface area contributed by atoms with Gasteiger partial charge in [-0.2, -0.15) is 0 Å². The molecule has 0 spiro atoms. The number of nitrogens with zero attached hydrogens (tertiary/aromatic N) is 1.